The van der Waals surface area contributed by atoms with Gasteiger partial charge >= 0.3 is 0 Å². The van der Waals surface area contributed by atoms with Crippen LogP contribution in [0.2, 0.25) is 0 Å². The molecule has 1 atom stereocenters. The first-order valence-corrected chi connectivity index (χ1v) is 9.94. The zero-order valence-corrected chi connectivity index (χ0v) is 17.2. The van der Waals surface area contributed by atoms with Crippen LogP contribution in [0.15, 0.2) is 66.9 Å². The van der Waals surface area contributed by atoms with Crippen LogP contribution in [-0.2, 0) is 17.9 Å². The highest BCUT2D eigenvalue weighted by Gasteiger charge is 2.18. The summed E-state index contributed by atoms with van der Waals surface area (Å²) in [4.78, 5) is 12.3. The van der Waals surface area contributed by atoms with Crippen molar-refractivity contribution in [3.63, 3.8) is 0 Å². The minimum atomic E-state index is 0. The van der Waals surface area contributed by atoms with E-state index in [2.05, 4.69) is 34.9 Å². The molecule has 152 valence electrons. The first-order valence-electron chi connectivity index (χ1n) is 9.94. The highest BCUT2D eigenvalue weighted by atomic mass is 35.5. The second-order valence-corrected chi connectivity index (χ2v) is 7.33. The first-order chi connectivity index (χ1) is 13.8. The second kappa shape index (κ2) is 10.2. The van der Waals surface area contributed by atoms with E-state index in [1.165, 1.54) is 5.56 Å². The largest absolute Gasteiger partial charge is 0.352 e. The van der Waals surface area contributed by atoms with Crippen molar-refractivity contribution in [3.8, 4) is 11.3 Å². The van der Waals surface area contributed by atoms with Crippen molar-refractivity contribution in [2.24, 2.45) is 0 Å². The third-order valence-electron chi connectivity index (χ3n) is 5.14. The van der Waals surface area contributed by atoms with E-state index in [0.29, 0.717) is 25.6 Å². The zero-order chi connectivity index (χ0) is 19.2. The molecule has 1 aromatic heterocycles. The molecule has 1 fully saturated rings. The molecule has 1 unspecified atom stereocenters. The number of carbonyl (C=O) groups is 1. The number of amides is 1. The lowest BCUT2D eigenvalue weighted by Crippen LogP contribution is -2.31. The summed E-state index contributed by atoms with van der Waals surface area (Å²) in [5, 5.41) is 11.3. The minimum Gasteiger partial charge on any atom is -0.352 e. The summed E-state index contributed by atoms with van der Waals surface area (Å²) in [6, 6.07) is 20.7. The molecule has 29 heavy (non-hydrogen) atoms. The summed E-state index contributed by atoms with van der Waals surface area (Å²) in [6.07, 6.45) is 4.82. The number of rotatable bonds is 7. The van der Waals surface area contributed by atoms with E-state index in [4.69, 9.17) is 5.10 Å². The highest BCUT2D eigenvalue weighted by Crippen LogP contribution is 2.22. The van der Waals surface area contributed by atoms with Gasteiger partial charge in [-0.1, -0.05) is 60.7 Å². The van der Waals surface area contributed by atoms with Gasteiger partial charge in [-0.25, -0.2) is 0 Å². The van der Waals surface area contributed by atoms with Gasteiger partial charge in [0.15, 0.2) is 0 Å². The van der Waals surface area contributed by atoms with Gasteiger partial charge in [0.1, 0.15) is 0 Å². The maximum absolute atomic E-state index is 12.3. The molecule has 6 heteroatoms. The number of benzene rings is 2. The van der Waals surface area contributed by atoms with Crippen molar-refractivity contribution >= 4 is 18.3 Å². The number of hydrogen-bond acceptors (Lipinski definition) is 3. The maximum atomic E-state index is 12.3. The summed E-state index contributed by atoms with van der Waals surface area (Å²) >= 11 is 0. The molecule has 2 aromatic carbocycles. The predicted octanol–water partition coefficient (Wildman–Crippen LogP) is 3.78. The number of carbonyl (C=O) groups excluding carboxylic acids is 1. The van der Waals surface area contributed by atoms with Crippen LogP contribution >= 0.6 is 12.4 Å². The van der Waals surface area contributed by atoms with E-state index >= 15 is 0 Å². The Morgan fingerprint density at radius 2 is 1.83 bits per heavy atom. The SMILES string of the molecule is Cl.O=C(CC1CCCN1)NCc1cn(Cc2ccccc2)nc1-c1ccccc1. The number of nitrogens with one attached hydrogen (secondary N) is 2. The van der Waals surface area contributed by atoms with E-state index in [9.17, 15) is 4.79 Å². The maximum Gasteiger partial charge on any atom is 0.221 e. The van der Waals surface area contributed by atoms with Crippen LogP contribution in [0.5, 0.6) is 0 Å². The van der Waals surface area contributed by atoms with E-state index < -0.39 is 0 Å². The fourth-order valence-corrected chi connectivity index (χ4v) is 3.70. The molecule has 0 aliphatic carbocycles. The molecule has 1 amide bonds. The van der Waals surface area contributed by atoms with Gasteiger partial charge in [0, 0.05) is 36.3 Å². The molecule has 3 aromatic rings. The Labute approximate surface area is 177 Å². The molecule has 1 saturated heterocycles. The zero-order valence-electron chi connectivity index (χ0n) is 16.4. The van der Waals surface area contributed by atoms with E-state index in [1.807, 2.05) is 47.3 Å². The van der Waals surface area contributed by atoms with Crippen molar-refractivity contribution in [1.29, 1.82) is 0 Å². The second-order valence-electron chi connectivity index (χ2n) is 7.33. The fraction of sp³-hybridized carbons (Fsp3) is 0.304. The third-order valence-corrected chi connectivity index (χ3v) is 5.14. The van der Waals surface area contributed by atoms with Gasteiger partial charge in [0.2, 0.25) is 5.91 Å². The van der Waals surface area contributed by atoms with Crippen molar-refractivity contribution in [1.82, 2.24) is 20.4 Å². The van der Waals surface area contributed by atoms with E-state index in [0.717, 1.165) is 36.2 Å². The minimum absolute atomic E-state index is 0. The van der Waals surface area contributed by atoms with Crippen LogP contribution in [0.4, 0.5) is 0 Å². The van der Waals surface area contributed by atoms with Gasteiger partial charge in [-0.05, 0) is 24.9 Å². The quantitative estimate of drug-likeness (QED) is 0.623. The summed E-state index contributed by atoms with van der Waals surface area (Å²) in [7, 11) is 0. The molecule has 4 rings (SSSR count). The standard InChI is InChI=1S/C23H26N4O.ClH/c28-22(14-21-12-7-13-24-21)25-15-20-17-27(16-18-8-3-1-4-9-18)26-23(20)19-10-5-2-6-11-19;/h1-6,8-11,17,21,24H,7,12-16H2,(H,25,28);1H. The number of halogens is 1. The number of nitrogens with zero attached hydrogens (tertiary/aromatic N) is 2. The number of hydrogen-bond donors (Lipinski definition) is 2. The van der Waals surface area contributed by atoms with Crippen molar-refractivity contribution in [2.45, 2.75) is 38.4 Å². The van der Waals surface area contributed by atoms with Crippen LogP contribution in [0.25, 0.3) is 11.3 Å². The van der Waals surface area contributed by atoms with Crippen LogP contribution in [-0.4, -0.2) is 28.3 Å². The average Bonchev–Trinajstić information content (AvgIpc) is 3.38. The molecule has 0 saturated carbocycles. The van der Waals surface area contributed by atoms with Crippen molar-refractivity contribution in [2.75, 3.05) is 6.54 Å². The average molecular weight is 411 g/mol. The van der Waals surface area contributed by atoms with Crippen molar-refractivity contribution < 1.29 is 4.79 Å². The Balaban J connectivity index is 0.00000240. The molecule has 2 heterocycles. The van der Waals surface area contributed by atoms with Gasteiger partial charge in [-0.3, -0.25) is 9.48 Å². The van der Waals surface area contributed by atoms with Gasteiger partial charge < -0.3 is 10.6 Å². The van der Waals surface area contributed by atoms with Gasteiger partial charge in [-0.15, -0.1) is 12.4 Å². The highest BCUT2D eigenvalue weighted by molar-refractivity contribution is 5.85. The molecule has 2 N–H and O–H groups in total. The Hall–Kier alpha value is -2.63. The normalized spacial score (nSPS) is 15.7. The Morgan fingerprint density at radius 3 is 2.52 bits per heavy atom. The smallest absolute Gasteiger partial charge is 0.221 e. The molecule has 5 nitrogen and oxygen atoms in total. The lowest BCUT2D eigenvalue weighted by atomic mass is 10.1. The van der Waals surface area contributed by atoms with Crippen LogP contribution < -0.4 is 10.6 Å². The monoisotopic (exact) mass is 410 g/mol. The predicted molar refractivity (Wildman–Crippen MR) is 118 cm³/mol. The first kappa shape index (κ1) is 21.1. The summed E-state index contributed by atoms with van der Waals surface area (Å²) in [5.74, 6) is 0.0919. The van der Waals surface area contributed by atoms with Crippen LogP contribution in [0, 0.1) is 0 Å². The van der Waals surface area contributed by atoms with E-state index in [-0.39, 0.29) is 18.3 Å². The summed E-state index contributed by atoms with van der Waals surface area (Å²) < 4.78 is 1.96. The van der Waals surface area contributed by atoms with Crippen molar-refractivity contribution in [3.05, 3.63) is 78.0 Å². The summed E-state index contributed by atoms with van der Waals surface area (Å²) in [5.41, 5.74) is 4.23. The summed E-state index contributed by atoms with van der Waals surface area (Å²) in [6.45, 7) is 2.22. The molecule has 1 aliphatic rings. The Bertz CT molecular complexity index is 905. The fourth-order valence-electron chi connectivity index (χ4n) is 3.70. The molecular formula is C23H27ClN4O. The molecule has 1 aliphatic heterocycles. The van der Waals surface area contributed by atoms with Crippen LogP contribution in [0.3, 0.4) is 0 Å². The number of aromatic nitrogens is 2. The molecule has 0 spiro atoms. The molecular weight excluding hydrogens is 384 g/mol. The lowest BCUT2D eigenvalue weighted by molar-refractivity contribution is -0.121. The van der Waals surface area contributed by atoms with Gasteiger partial charge in [0.05, 0.1) is 12.2 Å². The van der Waals surface area contributed by atoms with Gasteiger partial charge in [-0.2, -0.15) is 5.10 Å². The topological polar surface area (TPSA) is 59.0 Å². The Kier molecular flexibility index (Phi) is 7.44. The lowest BCUT2D eigenvalue weighted by Gasteiger charge is -2.10. The third kappa shape index (κ3) is 5.68. The van der Waals surface area contributed by atoms with Gasteiger partial charge in [0.25, 0.3) is 0 Å². The Morgan fingerprint density at radius 1 is 1.10 bits per heavy atom. The van der Waals surface area contributed by atoms with Crippen LogP contribution in [0.1, 0.15) is 30.4 Å². The molecule has 0 radical (unpaired) electrons. The molecule has 0 bridgehead atoms. The van der Waals surface area contributed by atoms with E-state index in [1.54, 1.807) is 0 Å².